The van der Waals surface area contributed by atoms with Gasteiger partial charge in [0.05, 0.1) is 0 Å². The number of hydrogen-bond acceptors (Lipinski definition) is 0. The SMILES string of the molecule is CC(C)C1C=C(C(C)(C)C)C=[C]1[Zr+2](=[C](c1ccc(Cl)cc1)c1ccc(Cl)cc1)[CH]1c2cc(C(C)(C)C)c(C(C)(C)C)cc2-c2cc(C(C)(C)C)c(C(C)(C)C)cc21.[Cl-].[Cl-]. The second kappa shape index (κ2) is 17.4. The van der Waals surface area contributed by atoms with Gasteiger partial charge in [0.25, 0.3) is 0 Å². The minimum Gasteiger partial charge on any atom is -1.00 e. The zero-order valence-electron chi connectivity index (χ0n) is 38.8. The molecule has 0 N–H and O–H groups in total. The molecule has 0 nitrogen and oxygen atoms in total. The Labute approximate surface area is 389 Å². The summed E-state index contributed by atoms with van der Waals surface area (Å²) >= 11 is 10.1. The molecule has 0 saturated carbocycles. The molecule has 0 aromatic heterocycles. The maximum Gasteiger partial charge on any atom is -1.00 e. The Morgan fingerprint density at radius 1 is 0.508 bits per heavy atom. The van der Waals surface area contributed by atoms with Gasteiger partial charge < -0.3 is 24.8 Å². The van der Waals surface area contributed by atoms with Crippen molar-refractivity contribution in [2.24, 2.45) is 17.3 Å². The van der Waals surface area contributed by atoms with Crippen molar-refractivity contribution in [3.8, 4) is 11.1 Å². The van der Waals surface area contributed by atoms with E-state index in [4.69, 9.17) is 23.2 Å². The summed E-state index contributed by atoms with van der Waals surface area (Å²) in [5.74, 6) is 0.827. The Morgan fingerprint density at radius 2 is 0.847 bits per heavy atom. The van der Waals surface area contributed by atoms with Crippen LogP contribution in [0.15, 0.2) is 93.8 Å². The molecule has 4 aromatic rings. The molecular formula is C54H68Cl4Zr. The summed E-state index contributed by atoms with van der Waals surface area (Å²) in [6.07, 6.45) is 5.33. The Balaban J connectivity index is 0.00000384. The monoisotopic (exact) mass is 946 g/mol. The van der Waals surface area contributed by atoms with Crippen molar-refractivity contribution in [2.45, 2.75) is 143 Å². The van der Waals surface area contributed by atoms with Gasteiger partial charge in [-0.1, -0.05) is 0 Å². The first-order valence-electron chi connectivity index (χ1n) is 21.2. The number of benzene rings is 4. The molecule has 59 heavy (non-hydrogen) atoms. The molecule has 6 rings (SSSR count). The summed E-state index contributed by atoms with van der Waals surface area (Å²) < 4.78 is 3.46. The molecule has 2 aliphatic carbocycles. The molecule has 0 radical (unpaired) electrons. The van der Waals surface area contributed by atoms with E-state index in [2.05, 4.69) is 203 Å². The topological polar surface area (TPSA) is 0 Å². The van der Waals surface area contributed by atoms with Crippen LogP contribution >= 0.6 is 23.2 Å². The molecule has 5 heteroatoms. The van der Waals surface area contributed by atoms with Crippen molar-refractivity contribution in [1.29, 1.82) is 0 Å². The summed E-state index contributed by atoms with van der Waals surface area (Å²) in [5, 5.41) is 1.53. The van der Waals surface area contributed by atoms with Crippen LogP contribution in [0.2, 0.25) is 10.0 Å². The fourth-order valence-corrected chi connectivity index (χ4v) is 19.4. The predicted molar refractivity (Wildman–Crippen MR) is 249 cm³/mol. The molecule has 0 amide bonds. The van der Waals surface area contributed by atoms with Crippen molar-refractivity contribution < 1.29 is 46.1 Å². The predicted octanol–water partition coefficient (Wildman–Crippen LogP) is 10.3. The van der Waals surface area contributed by atoms with Gasteiger partial charge in [0.1, 0.15) is 0 Å². The van der Waals surface area contributed by atoms with Gasteiger partial charge in [-0.05, 0) is 0 Å². The summed E-state index contributed by atoms with van der Waals surface area (Å²) in [6, 6.07) is 28.1. The zero-order chi connectivity index (χ0) is 42.4. The summed E-state index contributed by atoms with van der Waals surface area (Å²) in [7, 11) is 0. The van der Waals surface area contributed by atoms with Crippen molar-refractivity contribution in [1.82, 2.24) is 0 Å². The molecule has 4 aromatic carbocycles. The van der Waals surface area contributed by atoms with Crippen LogP contribution < -0.4 is 24.8 Å². The maximum absolute atomic E-state index is 6.68. The van der Waals surface area contributed by atoms with E-state index in [1.165, 1.54) is 64.4 Å². The quantitative estimate of drug-likeness (QED) is 0.187. The summed E-state index contributed by atoms with van der Waals surface area (Å²) in [6.45, 7) is 40.8. The Morgan fingerprint density at radius 3 is 1.15 bits per heavy atom. The molecule has 0 saturated heterocycles. The van der Waals surface area contributed by atoms with Crippen LogP contribution in [0.25, 0.3) is 11.1 Å². The molecule has 0 spiro atoms. The normalized spacial score (nSPS) is 15.7. The van der Waals surface area contributed by atoms with E-state index in [1.54, 1.807) is 3.28 Å². The van der Waals surface area contributed by atoms with E-state index >= 15 is 0 Å². The van der Waals surface area contributed by atoms with Crippen LogP contribution in [0.1, 0.15) is 166 Å². The first-order valence-corrected chi connectivity index (χ1v) is 25.8. The van der Waals surface area contributed by atoms with Gasteiger partial charge in [-0.3, -0.25) is 0 Å². The van der Waals surface area contributed by atoms with Crippen molar-refractivity contribution >= 4 is 26.4 Å². The van der Waals surface area contributed by atoms with Gasteiger partial charge in [-0.2, -0.15) is 0 Å². The molecule has 316 valence electrons. The van der Waals surface area contributed by atoms with Crippen LogP contribution in [0.3, 0.4) is 0 Å². The van der Waals surface area contributed by atoms with Gasteiger partial charge in [-0.15, -0.1) is 0 Å². The summed E-state index contributed by atoms with van der Waals surface area (Å²) in [4.78, 5) is 0. The van der Waals surface area contributed by atoms with Crippen LogP contribution in [-0.4, -0.2) is 3.21 Å². The van der Waals surface area contributed by atoms with E-state index in [0.29, 0.717) is 11.8 Å². The van der Waals surface area contributed by atoms with Crippen LogP contribution in [0.4, 0.5) is 0 Å². The number of fused-ring (bicyclic) bond motifs is 3. The zero-order valence-corrected chi connectivity index (χ0v) is 44.3. The number of halogens is 4. The van der Waals surface area contributed by atoms with Gasteiger partial charge >= 0.3 is 367 Å². The van der Waals surface area contributed by atoms with E-state index < -0.39 is 21.3 Å². The molecule has 0 aliphatic heterocycles. The second-order valence-electron chi connectivity index (χ2n) is 22.4. The second-order valence-corrected chi connectivity index (χ2v) is 29.4. The smallest absolute Gasteiger partial charge is 1.00 e. The molecule has 0 fully saturated rings. The minimum atomic E-state index is -3.21. The fourth-order valence-electron chi connectivity index (χ4n) is 9.17. The average Bonchev–Trinajstić information content (AvgIpc) is 3.66. The number of hydrogen-bond donors (Lipinski definition) is 0. The van der Waals surface area contributed by atoms with Crippen LogP contribution in [0.5, 0.6) is 0 Å². The van der Waals surface area contributed by atoms with Crippen LogP contribution in [-0.2, 0) is 42.9 Å². The third-order valence-corrected chi connectivity index (χ3v) is 21.2. The van der Waals surface area contributed by atoms with E-state index in [9.17, 15) is 0 Å². The van der Waals surface area contributed by atoms with E-state index in [0.717, 1.165) is 10.0 Å². The third kappa shape index (κ3) is 10.1. The molecule has 2 aliphatic rings. The summed E-state index contributed by atoms with van der Waals surface area (Å²) in [5.41, 5.74) is 15.8. The van der Waals surface area contributed by atoms with Gasteiger partial charge in [-0.25, -0.2) is 0 Å². The Bertz CT molecular complexity index is 2150. The minimum absolute atomic E-state index is 0. The Hall–Kier alpha value is -1.73. The van der Waals surface area contributed by atoms with Gasteiger partial charge in [0.15, 0.2) is 0 Å². The molecule has 1 atom stereocenters. The molecular weight excluding hydrogens is 882 g/mol. The first kappa shape index (κ1) is 49.9. The fraction of sp³-hybridized carbons (Fsp3) is 0.463. The van der Waals surface area contributed by atoms with E-state index in [1.807, 2.05) is 0 Å². The largest absolute Gasteiger partial charge is 1.00 e. The molecule has 1 unspecified atom stereocenters. The maximum atomic E-state index is 6.68. The standard InChI is InChI=1S/C29H41.C13H8Cl2.C12H19.2ClH.Zr/c1-26(2,3)22-14-18-13-19-15-23(27(4,5)6)25(29(10,11)12)17-21(19)20(18)16-24(22)28(7,8)9;14-12-5-1-10(2-6-12)9-11-3-7-13(15)8-4-11;1-9(2)10-6-7-11(8-10)12(3,4)5;;;/h13-17H,1-12H3;1-8H;7-10H,1-5H3;2*1H;/q;;;;;+2/p-2. The Kier molecular flexibility index (Phi) is 14.8. The molecule has 0 bridgehead atoms. The molecule has 0 heterocycles. The van der Waals surface area contributed by atoms with Crippen molar-refractivity contribution in [3.05, 3.63) is 148 Å². The number of allylic oxidation sites excluding steroid dienone is 4. The van der Waals surface area contributed by atoms with Gasteiger partial charge in [0.2, 0.25) is 0 Å². The van der Waals surface area contributed by atoms with Crippen molar-refractivity contribution in [2.75, 3.05) is 0 Å². The third-order valence-electron chi connectivity index (χ3n) is 12.3. The van der Waals surface area contributed by atoms with Crippen molar-refractivity contribution in [3.63, 3.8) is 0 Å². The first-order chi connectivity index (χ1) is 26.1. The number of rotatable bonds is 5. The van der Waals surface area contributed by atoms with E-state index in [-0.39, 0.29) is 55.5 Å². The average molecular weight is 950 g/mol. The van der Waals surface area contributed by atoms with Crippen LogP contribution in [0, 0.1) is 17.3 Å². The van der Waals surface area contributed by atoms with Gasteiger partial charge in [0, 0.05) is 0 Å².